The Balaban J connectivity index is 2.61. The summed E-state index contributed by atoms with van der Waals surface area (Å²) in [6.45, 7) is 0.404. The van der Waals surface area contributed by atoms with Crippen molar-refractivity contribution in [3.05, 3.63) is 36.0 Å². The lowest BCUT2D eigenvalue weighted by Gasteiger charge is -1.92. The third-order valence-electron chi connectivity index (χ3n) is 1.92. The van der Waals surface area contributed by atoms with Crippen LogP contribution in [0.15, 0.2) is 30.5 Å². The largest absolute Gasteiger partial charge is 0.361 e. The maximum atomic E-state index is 5.31. The molecule has 64 valence electrons. The molecule has 0 amide bonds. The molecule has 0 atom stereocenters. The fraction of sp³-hybridized carbons (Fsp3) is 0.0909. The average Bonchev–Trinajstić information content (AvgIpc) is 2.62. The van der Waals surface area contributed by atoms with E-state index < -0.39 is 0 Å². The van der Waals surface area contributed by atoms with Crippen molar-refractivity contribution >= 4 is 10.9 Å². The number of hydrogen-bond donors (Lipinski definition) is 2. The molecule has 0 saturated heterocycles. The van der Waals surface area contributed by atoms with Crippen LogP contribution in [0, 0.1) is 11.8 Å². The van der Waals surface area contributed by atoms with Crippen molar-refractivity contribution in [3.63, 3.8) is 0 Å². The van der Waals surface area contributed by atoms with Crippen molar-refractivity contribution in [2.24, 2.45) is 5.73 Å². The number of nitrogens with two attached hydrogens (primary N) is 1. The van der Waals surface area contributed by atoms with Gasteiger partial charge in [-0.2, -0.15) is 0 Å². The Morgan fingerprint density at radius 3 is 3.08 bits per heavy atom. The van der Waals surface area contributed by atoms with Gasteiger partial charge in [-0.3, -0.25) is 0 Å². The molecule has 1 heterocycles. The molecular weight excluding hydrogens is 160 g/mol. The van der Waals surface area contributed by atoms with E-state index in [9.17, 15) is 0 Å². The van der Waals surface area contributed by atoms with Crippen LogP contribution >= 0.6 is 0 Å². The molecule has 2 heteroatoms. The molecule has 2 aromatic rings. The fourth-order valence-electron chi connectivity index (χ4n) is 1.34. The smallest absolute Gasteiger partial charge is 0.0555 e. The second-order valence-electron chi connectivity index (χ2n) is 2.75. The van der Waals surface area contributed by atoms with E-state index in [0.29, 0.717) is 6.54 Å². The van der Waals surface area contributed by atoms with Gasteiger partial charge in [0.1, 0.15) is 0 Å². The minimum atomic E-state index is 0.404. The van der Waals surface area contributed by atoms with Gasteiger partial charge in [0.15, 0.2) is 0 Å². The van der Waals surface area contributed by atoms with E-state index in [2.05, 4.69) is 16.8 Å². The number of aromatic nitrogens is 1. The van der Waals surface area contributed by atoms with Crippen molar-refractivity contribution in [2.75, 3.05) is 6.54 Å². The molecule has 0 spiro atoms. The predicted molar refractivity (Wildman–Crippen MR) is 54.2 cm³/mol. The second kappa shape index (κ2) is 3.34. The zero-order chi connectivity index (χ0) is 9.10. The molecule has 13 heavy (non-hydrogen) atoms. The molecule has 0 aliphatic carbocycles. The van der Waals surface area contributed by atoms with Crippen LogP contribution in [0.1, 0.15) is 5.56 Å². The summed E-state index contributed by atoms with van der Waals surface area (Å²) in [6, 6.07) is 8.04. The highest BCUT2D eigenvalue weighted by molar-refractivity contribution is 5.85. The Labute approximate surface area is 76.8 Å². The van der Waals surface area contributed by atoms with Crippen LogP contribution < -0.4 is 5.73 Å². The molecule has 2 rings (SSSR count). The summed E-state index contributed by atoms with van der Waals surface area (Å²) in [5.41, 5.74) is 7.46. The van der Waals surface area contributed by atoms with Crippen molar-refractivity contribution in [1.29, 1.82) is 0 Å². The van der Waals surface area contributed by atoms with Gasteiger partial charge in [0.05, 0.1) is 6.54 Å². The van der Waals surface area contributed by atoms with Gasteiger partial charge in [-0.1, -0.05) is 17.9 Å². The first-order chi connectivity index (χ1) is 6.42. The lowest BCUT2D eigenvalue weighted by atomic mass is 10.1. The van der Waals surface area contributed by atoms with Gasteiger partial charge >= 0.3 is 0 Å². The summed E-state index contributed by atoms with van der Waals surface area (Å²) in [5, 5.41) is 1.16. The molecule has 0 aliphatic heterocycles. The lowest BCUT2D eigenvalue weighted by molar-refractivity contribution is 1.30. The van der Waals surface area contributed by atoms with Gasteiger partial charge in [-0.25, -0.2) is 0 Å². The van der Waals surface area contributed by atoms with Crippen LogP contribution in [-0.4, -0.2) is 11.5 Å². The normalized spacial score (nSPS) is 9.62. The Morgan fingerprint density at radius 2 is 2.23 bits per heavy atom. The van der Waals surface area contributed by atoms with Crippen LogP contribution in [0.4, 0.5) is 0 Å². The van der Waals surface area contributed by atoms with Crippen LogP contribution in [0.5, 0.6) is 0 Å². The fourth-order valence-corrected chi connectivity index (χ4v) is 1.34. The summed E-state index contributed by atoms with van der Waals surface area (Å²) >= 11 is 0. The number of rotatable bonds is 0. The number of aromatic amines is 1. The molecular formula is C11H10N2. The predicted octanol–water partition coefficient (Wildman–Crippen LogP) is 1.48. The van der Waals surface area contributed by atoms with E-state index in [1.165, 1.54) is 0 Å². The zero-order valence-electron chi connectivity index (χ0n) is 7.17. The molecule has 0 fully saturated rings. The van der Waals surface area contributed by atoms with E-state index in [0.717, 1.165) is 16.5 Å². The summed E-state index contributed by atoms with van der Waals surface area (Å²) in [5.74, 6) is 5.89. The average molecular weight is 170 g/mol. The maximum Gasteiger partial charge on any atom is 0.0555 e. The van der Waals surface area contributed by atoms with E-state index in [1.54, 1.807) is 0 Å². The number of H-pyrrole nitrogens is 1. The number of fused-ring (bicyclic) bond motifs is 1. The van der Waals surface area contributed by atoms with Gasteiger partial charge in [0.25, 0.3) is 0 Å². The van der Waals surface area contributed by atoms with Crippen molar-refractivity contribution in [3.8, 4) is 11.8 Å². The molecule has 0 radical (unpaired) electrons. The van der Waals surface area contributed by atoms with Crippen molar-refractivity contribution in [2.45, 2.75) is 0 Å². The maximum absolute atomic E-state index is 5.31. The molecule has 0 aliphatic rings. The molecule has 0 bridgehead atoms. The van der Waals surface area contributed by atoms with Crippen LogP contribution in [0.25, 0.3) is 10.9 Å². The number of benzene rings is 1. The van der Waals surface area contributed by atoms with E-state index in [4.69, 9.17) is 5.73 Å². The highest BCUT2D eigenvalue weighted by atomic mass is 14.7. The standard InChI is InChI=1S/C11H10N2/c12-7-2-4-9-3-1-5-11-10(9)6-8-13-11/h1,3,5-6,8,13H,7,12H2. The molecule has 1 aromatic heterocycles. The monoisotopic (exact) mass is 170 g/mol. The Bertz CT molecular complexity index is 471. The highest BCUT2D eigenvalue weighted by Gasteiger charge is 1.96. The third kappa shape index (κ3) is 1.42. The highest BCUT2D eigenvalue weighted by Crippen LogP contribution is 2.15. The summed E-state index contributed by atoms with van der Waals surface area (Å²) in [6.07, 6.45) is 1.91. The Kier molecular flexibility index (Phi) is 2.03. The van der Waals surface area contributed by atoms with Crippen LogP contribution in [-0.2, 0) is 0 Å². The second-order valence-corrected chi connectivity index (χ2v) is 2.75. The van der Waals surface area contributed by atoms with Gasteiger partial charge in [0, 0.05) is 22.7 Å². The molecule has 0 saturated carbocycles. The molecule has 1 aromatic carbocycles. The quantitative estimate of drug-likeness (QED) is 0.578. The minimum absolute atomic E-state index is 0.404. The van der Waals surface area contributed by atoms with E-state index in [1.807, 2.05) is 30.5 Å². The van der Waals surface area contributed by atoms with E-state index in [-0.39, 0.29) is 0 Å². The van der Waals surface area contributed by atoms with E-state index >= 15 is 0 Å². The first-order valence-corrected chi connectivity index (χ1v) is 4.17. The lowest BCUT2D eigenvalue weighted by Crippen LogP contribution is -1.93. The Hall–Kier alpha value is -1.72. The first kappa shape index (κ1) is 7.90. The minimum Gasteiger partial charge on any atom is -0.361 e. The van der Waals surface area contributed by atoms with Gasteiger partial charge < -0.3 is 10.7 Å². The SMILES string of the molecule is NCC#Cc1cccc2[nH]ccc12. The number of hydrogen-bond acceptors (Lipinski definition) is 1. The van der Waals surface area contributed by atoms with Gasteiger partial charge in [-0.15, -0.1) is 0 Å². The Morgan fingerprint density at radius 1 is 1.31 bits per heavy atom. The van der Waals surface area contributed by atoms with Crippen LogP contribution in [0.2, 0.25) is 0 Å². The number of nitrogens with one attached hydrogen (secondary N) is 1. The molecule has 0 unspecified atom stereocenters. The summed E-state index contributed by atoms with van der Waals surface area (Å²) < 4.78 is 0. The zero-order valence-corrected chi connectivity index (χ0v) is 7.17. The van der Waals surface area contributed by atoms with Crippen molar-refractivity contribution < 1.29 is 0 Å². The van der Waals surface area contributed by atoms with Crippen LogP contribution in [0.3, 0.4) is 0 Å². The molecule has 3 N–H and O–H groups in total. The summed E-state index contributed by atoms with van der Waals surface area (Å²) in [4.78, 5) is 3.14. The van der Waals surface area contributed by atoms with Crippen molar-refractivity contribution in [1.82, 2.24) is 4.98 Å². The summed E-state index contributed by atoms with van der Waals surface area (Å²) in [7, 11) is 0. The molecule has 2 nitrogen and oxygen atoms in total. The van der Waals surface area contributed by atoms with Gasteiger partial charge in [-0.05, 0) is 18.2 Å². The topological polar surface area (TPSA) is 41.8 Å². The third-order valence-corrected chi connectivity index (χ3v) is 1.92. The first-order valence-electron chi connectivity index (χ1n) is 4.17. The van der Waals surface area contributed by atoms with Gasteiger partial charge in [0.2, 0.25) is 0 Å².